The number of hydrogen-bond donors (Lipinski definition) is 11. The topological polar surface area (TPSA) is 480 Å². The van der Waals surface area contributed by atoms with E-state index in [0.29, 0.717) is 10.7 Å². The molecule has 0 saturated carbocycles. The predicted octanol–water partition coefficient (Wildman–Crippen LogP) is 5.54. The van der Waals surface area contributed by atoms with Gasteiger partial charge in [0.1, 0.15) is 62.9 Å². The summed E-state index contributed by atoms with van der Waals surface area (Å²) in [6.07, 6.45) is 0. The monoisotopic (exact) mass is 1100 g/mol. The number of carboxylic acid groups (broad SMARTS) is 1. The molecule has 73 heavy (non-hydrogen) atoms. The van der Waals surface area contributed by atoms with E-state index in [4.69, 9.17) is 14.7 Å². The average Bonchev–Trinajstić information content (AvgIpc) is 3.65. The van der Waals surface area contributed by atoms with Gasteiger partial charge in [0.25, 0.3) is 35.9 Å². The molecule has 0 unspecified atom stereocenters. The van der Waals surface area contributed by atoms with Gasteiger partial charge in [-0.15, -0.1) is 35.0 Å². The molecule has 0 atom stereocenters. The molecule has 0 spiro atoms. The summed E-state index contributed by atoms with van der Waals surface area (Å²) in [6.45, 7) is -1.11. The molecular formula is C38H33N9O22S4. The SMILES string of the molecule is CC(=O)Nc1ccc(N=Nc2c(SOOO)cc3cc(S(=O)(=O)O)c(N=Nc4cc(OCCO)c(N=Nc5c(C(=O)O)[nH]n(-c6ccc(S(=O)(=O)O)cc6)c5=O)cc4OCCO)c(O)c3c2O)c(S(=O)(=O)O)c1. The summed E-state index contributed by atoms with van der Waals surface area (Å²) in [5, 5.41) is 91.2. The van der Waals surface area contributed by atoms with Crippen LogP contribution in [0.2, 0.25) is 0 Å². The summed E-state index contributed by atoms with van der Waals surface area (Å²) in [5.74, 6) is -5.41. The molecule has 1 aromatic heterocycles. The van der Waals surface area contributed by atoms with Gasteiger partial charge in [0.2, 0.25) is 5.91 Å². The molecule has 0 fully saturated rings. The van der Waals surface area contributed by atoms with E-state index in [1.807, 2.05) is 0 Å². The number of carbonyl (C=O) groups is 2. The van der Waals surface area contributed by atoms with E-state index in [0.717, 1.165) is 61.5 Å². The number of rotatable bonds is 21. The first-order chi connectivity index (χ1) is 34.4. The van der Waals surface area contributed by atoms with Crippen LogP contribution in [0.3, 0.4) is 0 Å². The Labute approximate surface area is 411 Å². The summed E-state index contributed by atoms with van der Waals surface area (Å²) < 4.78 is 119. The van der Waals surface area contributed by atoms with Crippen LogP contribution in [0.4, 0.5) is 39.8 Å². The summed E-state index contributed by atoms with van der Waals surface area (Å²) >= 11 is 0.105. The van der Waals surface area contributed by atoms with E-state index in [-0.39, 0.29) is 34.9 Å². The fourth-order valence-electron chi connectivity index (χ4n) is 6.22. The Balaban J connectivity index is 1.50. The Morgan fingerprint density at radius 2 is 1.25 bits per heavy atom. The molecule has 31 nitrogen and oxygen atoms in total. The molecule has 5 aromatic carbocycles. The molecule has 0 aliphatic heterocycles. The number of aliphatic hydroxyl groups is 2. The summed E-state index contributed by atoms with van der Waals surface area (Å²) in [7, 11) is -15.1. The van der Waals surface area contributed by atoms with Crippen LogP contribution in [0.15, 0.2) is 122 Å². The van der Waals surface area contributed by atoms with Gasteiger partial charge in [0.05, 0.1) is 46.1 Å². The Kier molecular flexibility index (Phi) is 16.7. The van der Waals surface area contributed by atoms with Crippen molar-refractivity contribution >= 4 is 105 Å². The number of nitrogens with zero attached hydrogens (tertiary/aromatic N) is 7. The minimum Gasteiger partial charge on any atom is -0.505 e. The number of fused-ring (bicyclic) bond motifs is 1. The van der Waals surface area contributed by atoms with E-state index in [1.165, 1.54) is 6.07 Å². The lowest BCUT2D eigenvalue weighted by molar-refractivity contribution is -0.432. The van der Waals surface area contributed by atoms with E-state index >= 15 is 0 Å². The number of aromatic carboxylic acids is 1. The number of benzene rings is 5. The zero-order valence-electron chi connectivity index (χ0n) is 36.3. The van der Waals surface area contributed by atoms with Crippen molar-refractivity contribution in [1.82, 2.24) is 9.78 Å². The molecule has 11 N–H and O–H groups in total. The average molecular weight is 1100 g/mol. The first-order valence-electron chi connectivity index (χ1n) is 19.5. The number of anilines is 1. The Morgan fingerprint density at radius 1 is 0.699 bits per heavy atom. The lowest BCUT2D eigenvalue weighted by Crippen LogP contribution is -2.14. The first kappa shape index (κ1) is 54.5. The number of amides is 1. The normalized spacial score (nSPS) is 12.4. The molecule has 35 heteroatoms. The third kappa shape index (κ3) is 12.6. The number of phenols is 2. The lowest BCUT2D eigenvalue weighted by atomic mass is 10.1. The number of nitrogens with one attached hydrogen (secondary N) is 2. The maximum atomic E-state index is 13.5. The molecule has 6 rings (SSSR count). The van der Waals surface area contributed by atoms with Gasteiger partial charge in [-0.2, -0.15) is 25.3 Å². The van der Waals surface area contributed by atoms with Crippen LogP contribution in [-0.4, -0.2) is 118 Å². The van der Waals surface area contributed by atoms with E-state index in [2.05, 4.69) is 50.5 Å². The molecule has 1 amide bonds. The summed E-state index contributed by atoms with van der Waals surface area (Å²) in [4.78, 5) is 34.2. The molecule has 1 heterocycles. The Morgan fingerprint density at radius 3 is 1.77 bits per heavy atom. The summed E-state index contributed by atoms with van der Waals surface area (Å²) in [6, 6.07) is 10.6. The van der Waals surface area contributed by atoms with Crippen molar-refractivity contribution in [1.29, 1.82) is 0 Å². The second kappa shape index (κ2) is 22.3. The number of ether oxygens (including phenoxy) is 2. The fraction of sp³-hybridized carbons (Fsp3) is 0.132. The number of phenolic OH excluding ortho intramolecular Hbond substituents is 2. The zero-order chi connectivity index (χ0) is 53.6. The van der Waals surface area contributed by atoms with Gasteiger partial charge in [-0.1, -0.05) is 5.04 Å². The number of aromatic hydroxyl groups is 2. The van der Waals surface area contributed by atoms with Crippen molar-refractivity contribution < 1.29 is 98.1 Å². The van der Waals surface area contributed by atoms with Crippen LogP contribution in [-0.2, 0) is 44.5 Å². The van der Waals surface area contributed by atoms with Crippen LogP contribution in [0.1, 0.15) is 17.4 Å². The second-order valence-corrected chi connectivity index (χ2v) is 19.0. The van der Waals surface area contributed by atoms with Crippen molar-refractivity contribution in [2.45, 2.75) is 26.5 Å². The highest BCUT2D eigenvalue weighted by atomic mass is 32.2. The van der Waals surface area contributed by atoms with Crippen molar-refractivity contribution in [2.75, 3.05) is 31.7 Å². The van der Waals surface area contributed by atoms with Gasteiger partial charge in [0, 0.05) is 24.7 Å². The quantitative estimate of drug-likeness (QED) is 0.0138. The van der Waals surface area contributed by atoms with Crippen LogP contribution >= 0.6 is 12.0 Å². The molecule has 6 aromatic rings. The maximum absolute atomic E-state index is 13.5. The Bertz CT molecular complexity index is 3660. The minimum atomic E-state index is -5.40. The molecular weight excluding hydrogens is 1060 g/mol. The van der Waals surface area contributed by atoms with Crippen molar-refractivity contribution in [3.8, 4) is 28.7 Å². The maximum Gasteiger partial charge on any atom is 0.356 e. The number of aromatic nitrogens is 2. The highest BCUT2D eigenvalue weighted by Gasteiger charge is 2.28. The molecule has 0 aliphatic carbocycles. The second-order valence-electron chi connectivity index (χ2n) is 14.1. The van der Waals surface area contributed by atoms with Gasteiger partial charge in [-0.05, 0) is 60.0 Å². The number of carbonyl (C=O) groups excluding carboxylic acids is 1. The van der Waals surface area contributed by atoms with E-state index in [1.54, 1.807) is 0 Å². The smallest absolute Gasteiger partial charge is 0.356 e. The number of aliphatic hydroxyl groups excluding tert-OH is 2. The van der Waals surface area contributed by atoms with Crippen molar-refractivity contribution in [3.05, 3.63) is 82.8 Å². The predicted molar refractivity (Wildman–Crippen MR) is 246 cm³/mol. The third-order valence-electron chi connectivity index (χ3n) is 9.23. The number of carboxylic acids is 1. The van der Waals surface area contributed by atoms with Gasteiger partial charge < -0.3 is 40.3 Å². The standard InChI is InChI=1S/C38H33N9O22S4/c1-17(50)39-19-2-7-22(28(14-19)72(60,61)62)40-43-31-27(70-69-68-56)12-18-13-29(73(63,64)65)32(36(52)30(18)35(31)51)44-41-23-15-26(67-11-9-49)24(16-25(23)66-10-8-48)42-45-33-34(38(54)55)46-47(37(33)53)20-3-5-21(6-4-20)71(57,58)59/h2-7,12-16,46,48-49,51-52,56H,8-11H2,1H3,(H,39,50)(H,54,55)(H,57,58,59)(H,60,61,62)(H,63,64,65). The van der Waals surface area contributed by atoms with Crippen LogP contribution in [0, 0.1) is 0 Å². The lowest BCUT2D eigenvalue weighted by Gasteiger charge is -2.14. The molecule has 0 radical (unpaired) electrons. The molecule has 386 valence electrons. The van der Waals surface area contributed by atoms with Gasteiger partial charge in [0.15, 0.2) is 22.9 Å². The van der Waals surface area contributed by atoms with Gasteiger partial charge in [-0.25, -0.2) is 14.7 Å². The van der Waals surface area contributed by atoms with Crippen molar-refractivity contribution in [3.63, 3.8) is 0 Å². The number of H-pyrrole nitrogens is 1. The highest BCUT2D eigenvalue weighted by Crippen LogP contribution is 2.52. The minimum absolute atomic E-state index is 0.0910. The van der Waals surface area contributed by atoms with Crippen LogP contribution in [0.5, 0.6) is 23.0 Å². The van der Waals surface area contributed by atoms with Crippen molar-refractivity contribution in [2.24, 2.45) is 30.7 Å². The number of aromatic amines is 1. The van der Waals surface area contributed by atoms with E-state index < -0.39 is 156 Å². The Hall–Kier alpha value is -7.81. The highest BCUT2D eigenvalue weighted by molar-refractivity contribution is 7.94. The third-order valence-corrected chi connectivity index (χ3v) is 12.5. The largest absolute Gasteiger partial charge is 0.505 e. The molecule has 0 saturated heterocycles. The number of hydrogen-bond acceptors (Lipinski definition) is 25. The summed E-state index contributed by atoms with van der Waals surface area (Å²) in [5.41, 5.74) is -6.17. The molecule has 0 bridgehead atoms. The van der Waals surface area contributed by atoms with E-state index in [9.17, 15) is 78.8 Å². The van der Waals surface area contributed by atoms with Gasteiger partial charge in [-0.3, -0.25) is 28.3 Å². The fourth-order valence-corrected chi connectivity index (χ4v) is 8.50. The number of azo groups is 3. The first-order valence-corrected chi connectivity index (χ1v) is 24.6. The van der Waals surface area contributed by atoms with Gasteiger partial charge >= 0.3 is 5.97 Å². The molecule has 0 aliphatic rings. The van der Waals surface area contributed by atoms with Crippen LogP contribution < -0.4 is 20.3 Å². The van der Waals surface area contributed by atoms with Crippen LogP contribution in [0.25, 0.3) is 16.5 Å². The zero-order valence-corrected chi connectivity index (χ0v) is 39.5.